The summed E-state index contributed by atoms with van der Waals surface area (Å²) in [6.45, 7) is 12.7. The van der Waals surface area contributed by atoms with E-state index in [1.54, 1.807) is 0 Å². The van der Waals surface area contributed by atoms with Crippen LogP contribution in [-0.2, 0) is 0 Å². The largest absolute Gasteiger partial charge is 0.312 e. The first-order chi connectivity index (χ1) is 8.80. The van der Waals surface area contributed by atoms with Gasteiger partial charge in [0.15, 0.2) is 0 Å². The molecule has 1 N–H and O–H groups in total. The lowest BCUT2D eigenvalue weighted by Gasteiger charge is -2.28. The van der Waals surface area contributed by atoms with Crippen LogP contribution in [0.1, 0.15) is 58.9 Å². The summed E-state index contributed by atoms with van der Waals surface area (Å²) in [7, 11) is 0. The Kier molecular flexibility index (Phi) is 4.06. The third kappa shape index (κ3) is 4.07. The molecule has 2 unspecified atom stereocenters. The Morgan fingerprint density at radius 1 is 1.05 bits per heavy atom. The Balaban J connectivity index is 1.85. The van der Waals surface area contributed by atoms with Crippen LogP contribution < -0.4 is 5.32 Å². The van der Waals surface area contributed by atoms with Crippen molar-refractivity contribution in [2.75, 3.05) is 6.54 Å². The number of rotatable bonds is 5. The van der Waals surface area contributed by atoms with Gasteiger partial charge in [0.1, 0.15) is 0 Å². The highest BCUT2D eigenvalue weighted by Gasteiger charge is 2.47. The third-order valence-electron chi connectivity index (χ3n) is 4.45. The minimum Gasteiger partial charge on any atom is -0.312 e. The quantitative estimate of drug-likeness (QED) is 0.815. The van der Waals surface area contributed by atoms with Crippen molar-refractivity contribution in [2.45, 2.75) is 58.9 Å². The van der Waals surface area contributed by atoms with Gasteiger partial charge in [-0.05, 0) is 63.0 Å². The van der Waals surface area contributed by atoms with Gasteiger partial charge in [0, 0.05) is 5.54 Å². The van der Waals surface area contributed by atoms with Gasteiger partial charge >= 0.3 is 0 Å². The van der Waals surface area contributed by atoms with Crippen molar-refractivity contribution in [3.63, 3.8) is 0 Å². The molecule has 1 aromatic rings. The number of hydrogen-bond donors (Lipinski definition) is 1. The molecular weight excluding hydrogens is 230 g/mol. The molecule has 2 rings (SSSR count). The number of nitrogens with one attached hydrogen (secondary N) is 1. The average Bonchev–Trinajstić information content (AvgIpc) is 3.08. The molecule has 0 spiro atoms. The molecule has 1 nitrogen and oxygen atoms in total. The Hall–Kier alpha value is -0.820. The summed E-state index contributed by atoms with van der Waals surface area (Å²) in [5.41, 5.74) is 2.21. The predicted molar refractivity (Wildman–Crippen MR) is 83.4 cm³/mol. The van der Waals surface area contributed by atoms with Gasteiger partial charge in [-0.2, -0.15) is 0 Å². The molecule has 1 aliphatic rings. The second kappa shape index (κ2) is 5.28. The summed E-state index contributed by atoms with van der Waals surface area (Å²) in [6.07, 6.45) is 2.63. The van der Waals surface area contributed by atoms with Gasteiger partial charge in [0.25, 0.3) is 0 Å². The molecule has 0 aliphatic heterocycles. The van der Waals surface area contributed by atoms with Gasteiger partial charge in [0.2, 0.25) is 0 Å². The van der Waals surface area contributed by atoms with Crippen molar-refractivity contribution in [1.82, 2.24) is 5.32 Å². The third-order valence-corrected chi connectivity index (χ3v) is 4.45. The van der Waals surface area contributed by atoms with Crippen molar-refractivity contribution in [2.24, 2.45) is 11.3 Å². The second-order valence-electron chi connectivity index (χ2n) is 7.77. The van der Waals surface area contributed by atoms with E-state index in [2.05, 4.69) is 70.3 Å². The summed E-state index contributed by atoms with van der Waals surface area (Å²) in [4.78, 5) is 0. The predicted octanol–water partition coefficient (Wildman–Crippen LogP) is 4.59. The molecule has 1 saturated carbocycles. The summed E-state index contributed by atoms with van der Waals surface area (Å²) >= 11 is 0. The molecular formula is C18H29N. The first-order valence-electron chi connectivity index (χ1n) is 7.59. The maximum absolute atomic E-state index is 3.62. The Bertz CT molecular complexity index is 399. The molecule has 1 aromatic carbocycles. The van der Waals surface area contributed by atoms with Gasteiger partial charge in [-0.25, -0.2) is 0 Å². The topological polar surface area (TPSA) is 12.0 Å². The second-order valence-corrected chi connectivity index (χ2v) is 7.77. The van der Waals surface area contributed by atoms with Crippen LogP contribution in [0.15, 0.2) is 30.3 Å². The van der Waals surface area contributed by atoms with E-state index in [-0.39, 0.29) is 5.54 Å². The highest BCUT2D eigenvalue weighted by molar-refractivity contribution is 5.26. The van der Waals surface area contributed by atoms with Crippen molar-refractivity contribution < 1.29 is 0 Å². The van der Waals surface area contributed by atoms with E-state index in [0.29, 0.717) is 5.41 Å². The van der Waals surface area contributed by atoms with E-state index in [0.717, 1.165) is 18.4 Å². The SMILES string of the molecule is CC(C)(C)NCCC(C)(C)C1CC1c1ccccc1. The smallest absolute Gasteiger partial charge is 0.00965 e. The molecule has 0 aromatic heterocycles. The summed E-state index contributed by atoms with van der Waals surface area (Å²) in [6, 6.07) is 11.0. The van der Waals surface area contributed by atoms with Crippen LogP contribution in [0, 0.1) is 11.3 Å². The molecule has 2 atom stereocenters. The van der Waals surface area contributed by atoms with Crippen LogP contribution in [0.25, 0.3) is 0 Å². The van der Waals surface area contributed by atoms with Crippen molar-refractivity contribution >= 4 is 0 Å². The zero-order chi connectivity index (χ0) is 14.1. The van der Waals surface area contributed by atoms with E-state index in [4.69, 9.17) is 0 Å². The fraction of sp³-hybridized carbons (Fsp3) is 0.667. The summed E-state index contributed by atoms with van der Waals surface area (Å²) in [5.74, 6) is 1.66. The minimum absolute atomic E-state index is 0.235. The average molecular weight is 259 g/mol. The van der Waals surface area contributed by atoms with Crippen LogP contribution in [0.5, 0.6) is 0 Å². The zero-order valence-corrected chi connectivity index (χ0v) is 13.2. The molecule has 0 heterocycles. The highest BCUT2D eigenvalue weighted by Crippen LogP contribution is 2.57. The van der Waals surface area contributed by atoms with E-state index in [9.17, 15) is 0 Å². The fourth-order valence-corrected chi connectivity index (χ4v) is 3.07. The van der Waals surface area contributed by atoms with Crippen LogP contribution in [0.2, 0.25) is 0 Å². The summed E-state index contributed by atoms with van der Waals surface area (Å²) in [5, 5.41) is 3.62. The molecule has 0 amide bonds. The molecule has 106 valence electrons. The Morgan fingerprint density at radius 3 is 2.26 bits per heavy atom. The lowest BCUT2D eigenvalue weighted by Crippen LogP contribution is -2.38. The van der Waals surface area contributed by atoms with Crippen LogP contribution >= 0.6 is 0 Å². The molecule has 1 aliphatic carbocycles. The lowest BCUT2D eigenvalue weighted by atomic mass is 9.81. The van der Waals surface area contributed by atoms with Gasteiger partial charge in [-0.15, -0.1) is 0 Å². The van der Waals surface area contributed by atoms with Crippen molar-refractivity contribution in [3.8, 4) is 0 Å². The first-order valence-corrected chi connectivity index (χ1v) is 7.59. The maximum Gasteiger partial charge on any atom is 0.00965 e. The van der Waals surface area contributed by atoms with E-state index in [1.807, 2.05) is 0 Å². The van der Waals surface area contributed by atoms with E-state index >= 15 is 0 Å². The number of benzene rings is 1. The minimum atomic E-state index is 0.235. The van der Waals surface area contributed by atoms with Gasteiger partial charge in [-0.1, -0.05) is 44.2 Å². The maximum atomic E-state index is 3.62. The summed E-state index contributed by atoms with van der Waals surface area (Å²) < 4.78 is 0. The standard InChI is InChI=1S/C18H29N/c1-17(2,3)19-12-11-18(4,5)16-13-15(16)14-9-7-6-8-10-14/h6-10,15-16,19H,11-13H2,1-5H3. The van der Waals surface area contributed by atoms with Crippen LogP contribution in [0.3, 0.4) is 0 Å². The fourth-order valence-electron chi connectivity index (χ4n) is 3.07. The monoisotopic (exact) mass is 259 g/mol. The van der Waals surface area contributed by atoms with E-state index in [1.165, 1.54) is 18.4 Å². The van der Waals surface area contributed by atoms with Crippen molar-refractivity contribution in [1.29, 1.82) is 0 Å². The van der Waals surface area contributed by atoms with Gasteiger partial charge in [-0.3, -0.25) is 0 Å². The molecule has 0 radical (unpaired) electrons. The molecule has 1 heteroatoms. The highest BCUT2D eigenvalue weighted by atomic mass is 14.9. The van der Waals surface area contributed by atoms with Gasteiger partial charge in [0.05, 0.1) is 0 Å². The Labute approximate surface area is 118 Å². The van der Waals surface area contributed by atoms with E-state index < -0.39 is 0 Å². The lowest BCUT2D eigenvalue weighted by molar-refractivity contribution is 0.260. The zero-order valence-electron chi connectivity index (χ0n) is 13.2. The molecule has 0 saturated heterocycles. The number of hydrogen-bond acceptors (Lipinski definition) is 1. The van der Waals surface area contributed by atoms with Crippen LogP contribution in [0.4, 0.5) is 0 Å². The van der Waals surface area contributed by atoms with Crippen molar-refractivity contribution in [3.05, 3.63) is 35.9 Å². The van der Waals surface area contributed by atoms with Gasteiger partial charge < -0.3 is 5.32 Å². The molecule has 0 bridgehead atoms. The molecule has 19 heavy (non-hydrogen) atoms. The van der Waals surface area contributed by atoms with Crippen LogP contribution in [-0.4, -0.2) is 12.1 Å². The Morgan fingerprint density at radius 2 is 1.68 bits per heavy atom. The normalized spacial score (nSPS) is 23.4. The first kappa shape index (κ1) is 14.6. The molecule has 1 fully saturated rings.